The number of carbonyl (C=O) groups excluding carboxylic acids is 1. The molecule has 0 spiro atoms. The summed E-state index contributed by atoms with van der Waals surface area (Å²) in [6, 6.07) is 7.34. The zero-order valence-corrected chi connectivity index (χ0v) is 11.8. The first-order chi connectivity index (χ1) is 9.86. The third-order valence-corrected chi connectivity index (χ3v) is 3.03. The van der Waals surface area contributed by atoms with Gasteiger partial charge in [-0.1, -0.05) is 11.6 Å². The Morgan fingerprint density at radius 3 is 2.52 bits per heavy atom. The number of nitrogens with two attached hydrogens (primary N) is 1. The predicted octanol–water partition coefficient (Wildman–Crippen LogP) is 2.58. The van der Waals surface area contributed by atoms with Crippen molar-refractivity contribution < 1.29 is 14.7 Å². The summed E-state index contributed by atoms with van der Waals surface area (Å²) >= 11 is 6.02. The molecule has 21 heavy (non-hydrogen) atoms. The summed E-state index contributed by atoms with van der Waals surface area (Å²) in [7, 11) is 0. The van der Waals surface area contributed by atoms with E-state index in [1.54, 1.807) is 13.0 Å². The first-order valence-electron chi connectivity index (χ1n) is 5.95. The number of aromatic carboxylic acids is 1. The SMILES string of the molecule is Cc1cc(C(N)=O)cc(Nc2ccc(C(=O)O)cc2Cl)n1. The molecule has 2 aromatic rings. The Labute approximate surface area is 125 Å². The monoisotopic (exact) mass is 305 g/mol. The number of rotatable bonds is 4. The molecule has 1 amide bonds. The lowest BCUT2D eigenvalue weighted by Crippen LogP contribution is -2.12. The van der Waals surface area contributed by atoms with Crippen LogP contribution in [0.1, 0.15) is 26.4 Å². The van der Waals surface area contributed by atoms with Gasteiger partial charge in [-0.25, -0.2) is 9.78 Å². The Bertz CT molecular complexity index is 731. The van der Waals surface area contributed by atoms with Crippen LogP contribution in [0.2, 0.25) is 5.02 Å². The number of aromatic nitrogens is 1. The third kappa shape index (κ3) is 3.49. The Morgan fingerprint density at radius 2 is 1.95 bits per heavy atom. The molecule has 1 aromatic carbocycles. The van der Waals surface area contributed by atoms with Crippen LogP contribution < -0.4 is 11.1 Å². The second-order valence-electron chi connectivity index (χ2n) is 4.37. The number of anilines is 2. The number of carbonyl (C=O) groups is 2. The van der Waals surface area contributed by atoms with Gasteiger partial charge >= 0.3 is 5.97 Å². The number of hydrogen-bond acceptors (Lipinski definition) is 4. The second kappa shape index (κ2) is 5.80. The quantitative estimate of drug-likeness (QED) is 0.805. The van der Waals surface area contributed by atoms with Crippen molar-refractivity contribution >= 4 is 35.0 Å². The normalized spacial score (nSPS) is 10.2. The minimum absolute atomic E-state index is 0.0839. The lowest BCUT2D eigenvalue weighted by atomic mass is 10.2. The molecule has 7 heteroatoms. The second-order valence-corrected chi connectivity index (χ2v) is 4.78. The van der Waals surface area contributed by atoms with Gasteiger partial charge < -0.3 is 16.2 Å². The summed E-state index contributed by atoms with van der Waals surface area (Å²) < 4.78 is 0. The average molecular weight is 306 g/mol. The van der Waals surface area contributed by atoms with Crippen molar-refractivity contribution in [1.29, 1.82) is 0 Å². The number of pyridine rings is 1. The lowest BCUT2D eigenvalue weighted by Gasteiger charge is -2.10. The molecule has 0 fully saturated rings. The molecule has 6 nitrogen and oxygen atoms in total. The third-order valence-electron chi connectivity index (χ3n) is 2.72. The molecular formula is C14H12ClN3O3. The lowest BCUT2D eigenvalue weighted by molar-refractivity contribution is 0.0696. The summed E-state index contributed by atoms with van der Waals surface area (Å²) in [5.41, 5.74) is 6.75. The highest BCUT2D eigenvalue weighted by molar-refractivity contribution is 6.33. The van der Waals surface area contributed by atoms with Crippen molar-refractivity contribution in [2.45, 2.75) is 6.92 Å². The summed E-state index contributed by atoms with van der Waals surface area (Å²) in [4.78, 5) is 26.3. The fourth-order valence-corrected chi connectivity index (χ4v) is 1.99. The Hall–Kier alpha value is -2.60. The van der Waals surface area contributed by atoms with E-state index >= 15 is 0 Å². The maximum atomic E-state index is 11.2. The highest BCUT2D eigenvalue weighted by Crippen LogP contribution is 2.26. The number of carboxylic acids is 1. The summed E-state index contributed by atoms with van der Waals surface area (Å²) in [5.74, 6) is -1.22. The Kier molecular flexibility index (Phi) is 4.09. The highest BCUT2D eigenvalue weighted by atomic mass is 35.5. The average Bonchev–Trinajstić information content (AvgIpc) is 2.40. The van der Waals surface area contributed by atoms with Crippen LogP contribution in [0.5, 0.6) is 0 Å². The van der Waals surface area contributed by atoms with Crippen molar-refractivity contribution in [3.05, 3.63) is 52.2 Å². The van der Waals surface area contributed by atoms with E-state index in [4.69, 9.17) is 22.4 Å². The number of nitrogens with one attached hydrogen (secondary N) is 1. The van der Waals surface area contributed by atoms with Gasteiger partial charge in [0.15, 0.2) is 0 Å². The predicted molar refractivity (Wildman–Crippen MR) is 79.2 cm³/mol. The molecule has 1 heterocycles. The van der Waals surface area contributed by atoms with Crippen LogP contribution in [0.3, 0.4) is 0 Å². The molecule has 0 unspecified atom stereocenters. The highest BCUT2D eigenvalue weighted by Gasteiger charge is 2.09. The topological polar surface area (TPSA) is 105 Å². The molecule has 2 rings (SSSR count). The molecule has 0 saturated heterocycles. The minimum atomic E-state index is -1.06. The maximum Gasteiger partial charge on any atom is 0.335 e. The molecule has 0 aliphatic heterocycles. The molecule has 0 bridgehead atoms. The Balaban J connectivity index is 2.34. The first-order valence-corrected chi connectivity index (χ1v) is 6.33. The number of hydrogen-bond donors (Lipinski definition) is 3. The van der Waals surface area contributed by atoms with E-state index in [1.807, 2.05) is 0 Å². The van der Waals surface area contributed by atoms with E-state index in [0.29, 0.717) is 22.8 Å². The van der Waals surface area contributed by atoms with Gasteiger partial charge in [-0.2, -0.15) is 0 Å². The number of benzene rings is 1. The number of nitrogens with zero attached hydrogens (tertiary/aromatic N) is 1. The first kappa shape index (κ1) is 14.8. The largest absolute Gasteiger partial charge is 0.478 e. The maximum absolute atomic E-state index is 11.2. The van der Waals surface area contributed by atoms with Gasteiger partial charge in [-0.05, 0) is 37.3 Å². The van der Waals surface area contributed by atoms with Gasteiger partial charge in [0, 0.05) is 11.3 Å². The van der Waals surface area contributed by atoms with Crippen LogP contribution in [0.4, 0.5) is 11.5 Å². The minimum Gasteiger partial charge on any atom is -0.478 e. The van der Waals surface area contributed by atoms with Crippen LogP contribution in [0, 0.1) is 6.92 Å². The van der Waals surface area contributed by atoms with E-state index in [2.05, 4.69) is 10.3 Å². The number of amides is 1. The standard InChI is InChI=1S/C14H12ClN3O3/c1-7-4-9(13(16)19)6-12(17-7)18-11-3-2-8(14(20)21)5-10(11)15/h2-6H,1H3,(H2,16,19)(H,17,18)(H,20,21). The van der Waals surface area contributed by atoms with E-state index in [9.17, 15) is 9.59 Å². The van der Waals surface area contributed by atoms with E-state index < -0.39 is 11.9 Å². The van der Waals surface area contributed by atoms with E-state index in [0.717, 1.165) is 0 Å². The number of halogens is 1. The van der Waals surface area contributed by atoms with Gasteiger partial charge in [0.1, 0.15) is 5.82 Å². The smallest absolute Gasteiger partial charge is 0.335 e. The van der Waals surface area contributed by atoms with Gasteiger partial charge in [0.05, 0.1) is 16.3 Å². The molecule has 0 aliphatic carbocycles. The number of primary amides is 1. The van der Waals surface area contributed by atoms with Crippen LogP contribution in [0.15, 0.2) is 30.3 Å². The zero-order chi connectivity index (χ0) is 15.6. The Morgan fingerprint density at radius 1 is 1.24 bits per heavy atom. The van der Waals surface area contributed by atoms with E-state index in [1.165, 1.54) is 24.3 Å². The molecule has 108 valence electrons. The number of aryl methyl sites for hydroxylation is 1. The van der Waals surface area contributed by atoms with Crippen molar-refractivity contribution in [3.8, 4) is 0 Å². The molecule has 0 saturated carbocycles. The van der Waals surface area contributed by atoms with Gasteiger partial charge in [0.25, 0.3) is 0 Å². The van der Waals surface area contributed by atoms with Crippen LogP contribution in [0.25, 0.3) is 0 Å². The van der Waals surface area contributed by atoms with Crippen molar-refractivity contribution in [3.63, 3.8) is 0 Å². The van der Waals surface area contributed by atoms with Crippen molar-refractivity contribution in [2.24, 2.45) is 5.73 Å². The fraction of sp³-hybridized carbons (Fsp3) is 0.0714. The van der Waals surface area contributed by atoms with Gasteiger partial charge in [0.2, 0.25) is 5.91 Å². The van der Waals surface area contributed by atoms with Crippen molar-refractivity contribution in [2.75, 3.05) is 5.32 Å². The summed E-state index contributed by atoms with van der Waals surface area (Å²) in [5, 5.41) is 12.0. The molecule has 0 radical (unpaired) electrons. The molecule has 0 atom stereocenters. The van der Waals surface area contributed by atoms with Crippen LogP contribution in [-0.2, 0) is 0 Å². The molecule has 0 aliphatic rings. The van der Waals surface area contributed by atoms with Crippen LogP contribution in [-0.4, -0.2) is 22.0 Å². The van der Waals surface area contributed by atoms with Crippen molar-refractivity contribution in [1.82, 2.24) is 4.98 Å². The van der Waals surface area contributed by atoms with Gasteiger partial charge in [-0.3, -0.25) is 4.79 Å². The van der Waals surface area contributed by atoms with E-state index in [-0.39, 0.29) is 10.6 Å². The van der Waals surface area contributed by atoms with Gasteiger partial charge in [-0.15, -0.1) is 0 Å². The summed E-state index contributed by atoms with van der Waals surface area (Å²) in [6.07, 6.45) is 0. The summed E-state index contributed by atoms with van der Waals surface area (Å²) in [6.45, 7) is 1.73. The zero-order valence-electron chi connectivity index (χ0n) is 11.1. The molecule has 4 N–H and O–H groups in total. The molecule has 1 aromatic heterocycles. The van der Waals surface area contributed by atoms with Crippen LogP contribution >= 0.6 is 11.6 Å². The molecular weight excluding hydrogens is 294 g/mol. The fourth-order valence-electron chi connectivity index (χ4n) is 1.76. The number of carboxylic acid groups (broad SMARTS) is 1.